The second-order valence-electron chi connectivity index (χ2n) is 2.16. The lowest BCUT2D eigenvalue weighted by Crippen LogP contribution is -1.75. The lowest BCUT2D eigenvalue weighted by atomic mass is 10.4. The monoisotopic (exact) mass is 181 g/mol. The Labute approximate surface area is 73.5 Å². The molecule has 0 saturated carbocycles. The van der Waals surface area contributed by atoms with E-state index in [1.165, 1.54) is 4.70 Å². The van der Waals surface area contributed by atoms with Gasteiger partial charge in [-0.15, -0.1) is 23.1 Å². The molecule has 0 aliphatic rings. The normalized spacial score (nSPS) is 10.6. The predicted molar refractivity (Wildman–Crippen MR) is 51.4 cm³/mol. The molecule has 0 N–H and O–H groups in total. The van der Waals surface area contributed by atoms with E-state index in [9.17, 15) is 0 Å². The Bertz CT molecular complexity index is 367. The van der Waals surface area contributed by atoms with E-state index in [1.54, 1.807) is 23.1 Å². The van der Waals surface area contributed by atoms with Gasteiger partial charge in [0.15, 0.2) is 0 Å². The molecule has 0 atom stereocenters. The van der Waals surface area contributed by atoms with Crippen molar-refractivity contribution >= 4 is 33.3 Å². The number of hydrogen-bond acceptors (Lipinski definition) is 3. The predicted octanol–water partition coefficient (Wildman–Crippen LogP) is 3.02. The highest BCUT2D eigenvalue weighted by Gasteiger charge is 1.96. The minimum absolute atomic E-state index is 1.09. The number of thiophene rings is 1. The van der Waals surface area contributed by atoms with Crippen LogP contribution in [0.3, 0.4) is 0 Å². The Morgan fingerprint density at radius 1 is 1.36 bits per heavy atom. The number of thioether (sulfide) groups is 1. The molecule has 0 bridgehead atoms. The summed E-state index contributed by atoms with van der Waals surface area (Å²) >= 11 is 3.42. The lowest BCUT2D eigenvalue weighted by Gasteiger charge is -1.93. The third-order valence-corrected chi connectivity index (χ3v) is 3.01. The summed E-state index contributed by atoms with van der Waals surface area (Å²) in [6.07, 6.45) is 2.04. The molecule has 2 aromatic rings. The highest BCUT2D eigenvalue weighted by Crippen LogP contribution is 2.21. The van der Waals surface area contributed by atoms with Gasteiger partial charge in [-0.1, -0.05) is 0 Å². The summed E-state index contributed by atoms with van der Waals surface area (Å²) in [7, 11) is 0. The molecule has 56 valence electrons. The van der Waals surface area contributed by atoms with Gasteiger partial charge >= 0.3 is 0 Å². The number of rotatable bonds is 1. The molecule has 3 heteroatoms. The smallest absolute Gasteiger partial charge is 0.0965 e. The van der Waals surface area contributed by atoms with Crippen LogP contribution in [0, 0.1) is 0 Å². The van der Waals surface area contributed by atoms with Crippen LogP contribution in [0.25, 0.3) is 10.2 Å². The summed E-state index contributed by atoms with van der Waals surface area (Å²) in [5.41, 5.74) is 1.11. The molecule has 0 aliphatic carbocycles. The van der Waals surface area contributed by atoms with Crippen molar-refractivity contribution in [3.05, 3.63) is 23.6 Å². The second-order valence-corrected chi connectivity index (χ2v) is 3.93. The van der Waals surface area contributed by atoms with Gasteiger partial charge < -0.3 is 0 Å². The van der Waals surface area contributed by atoms with Crippen LogP contribution < -0.4 is 0 Å². The lowest BCUT2D eigenvalue weighted by molar-refractivity contribution is 1.20. The highest BCUT2D eigenvalue weighted by molar-refractivity contribution is 7.98. The third kappa shape index (κ3) is 1.26. The summed E-state index contributed by atoms with van der Waals surface area (Å²) in [5.74, 6) is 0. The maximum absolute atomic E-state index is 4.43. The molecule has 2 heterocycles. The van der Waals surface area contributed by atoms with E-state index in [4.69, 9.17) is 0 Å². The van der Waals surface area contributed by atoms with Crippen LogP contribution >= 0.6 is 23.1 Å². The molecule has 2 rings (SSSR count). The van der Waals surface area contributed by atoms with Gasteiger partial charge in [0.1, 0.15) is 0 Å². The van der Waals surface area contributed by atoms with E-state index in [0.29, 0.717) is 0 Å². The SMILES string of the molecule is CSc1ccc2sccc2n1. The molecular weight excluding hydrogens is 174 g/mol. The Kier molecular flexibility index (Phi) is 1.84. The average Bonchev–Trinajstić information content (AvgIpc) is 2.50. The van der Waals surface area contributed by atoms with Gasteiger partial charge in [-0.25, -0.2) is 4.98 Å². The first-order valence-corrected chi connectivity index (χ1v) is 5.39. The number of pyridine rings is 1. The van der Waals surface area contributed by atoms with Crippen LogP contribution in [0.2, 0.25) is 0 Å². The van der Waals surface area contributed by atoms with Crippen molar-refractivity contribution in [1.82, 2.24) is 4.98 Å². The quantitative estimate of drug-likeness (QED) is 0.627. The van der Waals surface area contributed by atoms with Gasteiger partial charge in [0.05, 0.1) is 15.2 Å². The fraction of sp³-hybridized carbons (Fsp3) is 0.125. The van der Waals surface area contributed by atoms with E-state index >= 15 is 0 Å². The summed E-state index contributed by atoms with van der Waals surface area (Å²) in [6, 6.07) is 6.24. The van der Waals surface area contributed by atoms with Crippen molar-refractivity contribution in [2.45, 2.75) is 5.03 Å². The first-order chi connectivity index (χ1) is 5.40. The molecule has 0 aliphatic heterocycles. The fourth-order valence-electron chi connectivity index (χ4n) is 0.948. The average molecular weight is 181 g/mol. The molecule has 2 aromatic heterocycles. The molecule has 0 unspecified atom stereocenters. The van der Waals surface area contributed by atoms with Crippen LogP contribution in [0.5, 0.6) is 0 Å². The number of aromatic nitrogens is 1. The molecule has 0 radical (unpaired) electrons. The van der Waals surface area contributed by atoms with Gasteiger partial charge in [-0.2, -0.15) is 0 Å². The summed E-state index contributed by atoms with van der Waals surface area (Å²) in [6.45, 7) is 0. The zero-order valence-corrected chi connectivity index (χ0v) is 7.71. The maximum Gasteiger partial charge on any atom is 0.0965 e. The van der Waals surface area contributed by atoms with Crippen molar-refractivity contribution in [2.24, 2.45) is 0 Å². The molecule has 1 nitrogen and oxygen atoms in total. The number of hydrogen-bond donors (Lipinski definition) is 0. The van der Waals surface area contributed by atoms with E-state index < -0.39 is 0 Å². The van der Waals surface area contributed by atoms with Crippen LogP contribution in [0.4, 0.5) is 0 Å². The van der Waals surface area contributed by atoms with Crippen molar-refractivity contribution in [1.29, 1.82) is 0 Å². The van der Waals surface area contributed by atoms with Crippen molar-refractivity contribution in [3.8, 4) is 0 Å². The Morgan fingerprint density at radius 3 is 3.09 bits per heavy atom. The van der Waals surface area contributed by atoms with Gasteiger partial charge in [0.2, 0.25) is 0 Å². The topological polar surface area (TPSA) is 12.9 Å². The van der Waals surface area contributed by atoms with E-state index in [2.05, 4.69) is 28.6 Å². The van der Waals surface area contributed by atoms with E-state index in [1.807, 2.05) is 6.26 Å². The van der Waals surface area contributed by atoms with Crippen LogP contribution in [-0.2, 0) is 0 Å². The van der Waals surface area contributed by atoms with Gasteiger partial charge in [0, 0.05) is 0 Å². The largest absolute Gasteiger partial charge is 0.241 e. The summed E-state index contributed by atoms with van der Waals surface area (Å²) < 4.78 is 1.27. The molecular formula is C8H7NS2. The van der Waals surface area contributed by atoms with Crippen LogP contribution in [0.15, 0.2) is 28.6 Å². The Hall–Kier alpha value is -0.540. The maximum atomic E-state index is 4.43. The third-order valence-electron chi connectivity index (χ3n) is 1.49. The van der Waals surface area contributed by atoms with Crippen LogP contribution in [-0.4, -0.2) is 11.2 Å². The fourth-order valence-corrected chi connectivity index (χ4v) is 2.07. The zero-order chi connectivity index (χ0) is 7.68. The minimum atomic E-state index is 1.09. The van der Waals surface area contributed by atoms with E-state index in [-0.39, 0.29) is 0 Å². The highest BCUT2D eigenvalue weighted by atomic mass is 32.2. The second kappa shape index (κ2) is 2.83. The zero-order valence-electron chi connectivity index (χ0n) is 6.07. The van der Waals surface area contributed by atoms with Gasteiger partial charge in [0.25, 0.3) is 0 Å². The number of fused-ring (bicyclic) bond motifs is 1. The molecule has 0 fully saturated rings. The van der Waals surface area contributed by atoms with Gasteiger partial charge in [-0.3, -0.25) is 0 Å². The molecule has 0 amide bonds. The van der Waals surface area contributed by atoms with Crippen molar-refractivity contribution < 1.29 is 0 Å². The Balaban J connectivity index is 2.67. The molecule has 0 spiro atoms. The number of nitrogens with zero attached hydrogens (tertiary/aromatic N) is 1. The molecule has 11 heavy (non-hydrogen) atoms. The van der Waals surface area contributed by atoms with Gasteiger partial charge in [-0.05, 0) is 29.8 Å². The first-order valence-electron chi connectivity index (χ1n) is 3.28. The molecule has 0 saturated heterocycles. The van der Waals surface area contributed by atoms with Crippen molar-refractivity contribution in [2.75, 3.05) is 6.26 Å². The van der Waals surface area contributed by atoms with Crippen LogP contribution in [0.1, 0.15) is 0 Å². The standard InChI is InChI=1S/C8H7NS2/c1-10-8-3-2-7-6(9-8)4-5-11-7/h2-5H,1H3. The minimum Gasteiger partial charge on any atom is -0.241 e. The Morgan fingerprint density at radius 2 is 2.27 bits per heavy atom. The summed E-state index contributed by atoms with van der Waals surface area (Å²) in [5, 5.41) is 3.16. The molecule has 0 aromatic carbocycles. The summed E-state index contributed by atoms with van der Waals surface area (Å²) in [4.78, 5) is 4.43. The van der Waals surface area contributed by atoms with Crippen molar-refractivity contribution in [3.63, 3.8) is 0 Å². The van der Waals surface area contributed by atoms with E-state index in [0.717, 1.165) is 10.5 Å². The first kappa shape index (κ1) is 7.13.